The number of rotatable bonds is 2. The Morgan fingerprint density at radius 3 is 3.04 bits per heavy atom. The number of benzene rings is 1. The minimum Gasteiger partial charge on any atom is -0.454 e. The van der Waals surface area contributed by atoms with Gasteiger partial charge in [0, 0.05) is 10.5 Å². The predicted molar refractivity (Wildman–Crippen MR) is 92.3 cm³/mol. The molecule has 7 nitrogen and oxygen atoms in total. The molecule has 2 heterocycles. The lowest BCUT2D eigenvalue weighted by Crippen LogP contribution is -2.55. The molecule has 2 aliphatic rings. The number of nitrogens with one attached hydrogen (secondary N) is 2. The van der Waals surface area contributed by atoms with Gasteiger partial charge in [0.05, 0.1) is 19.1 Å². The van der Waals surface area contributed by atoms with Crippen LogP contribution in [-0.4, -0.2) is 36.8 Å². The molecule has 9 heteroatoms. The van der Waals surface area contributed by atoms with E-state index in [0.29, 0.717) is 35.3 Å². The number of halogens is 1. The first-order valence-corrected chi connectivity index (χ1v) is 8.18. The van der Waals surface area contributed by atoms with E-state index in [0.717, 1.165) is 4.47 Å². The van der Waals surface area contributed by atoms with Crippen molar-refractivity contribution < 1.29 is 14.2 Å². The van der Waals surface area contributed by atoms with Crippen LogP contribution in [-0.2, 0) is 4.74 Å². The molecule has 1 fully saturated rings. The summed E-state index contributed by atoms with van der Waals surface area (Å²) < 4.78 is 17.0. The molecule has 0 aromatic heterocycles. The normalized spacial score (nSPS) is 25.5. The molecule has 2 aliphatic heterocycles. The first kappa shape index (κ1) is 16.3. The zero-order valence-electron chi connectivity index (χ0n) is 12.0. The molecule has 1 saturated heterocycles. The van der Waals surface area contributed by atoms with Crippen molar-refractivity contribution in [2.45, 2.75) is 24.7 Å². The summed E-state index contributed by atoms with van der Waals surface area (Å²) in [5.41, 5.74) is 6.72. The fourth-order valence-corrected chi connectivity index (χ4v) is 3.10. The van der Waals surface area contributed by atoms with Gasteiger partial charge in [-0.2, -0.15) is 0 Å². The highest BCUT2D eigenvalue weighted by molar-refractivity contribution is 9.10. The van der Waals surface area contributed by atoms with Crippen molar-refractivity contribution in [1.82, 2.24) is 5.32 Å². The topological polar surface area (TPSA) is 82.1 Å². The van der Waals surface area contributed by atoms with Gasteiger partial charge in [-0.3, -0.25) is 4.85 Å². The molecule has 1 aromatic rings. The van der Waals surface area contributed by atoms with Gasteiger partial charge in [0.2, 0.25) is 6.79 Å². The van der Waals surface area contributed by atoms with E-state index in [1.165, 1.54) is 0 Å². The van der Waals surface area contributed by atoms with Crippen LogP contribution >= 0.6 is 28.1 Å². The Kier molecular flexibility index (Phi) is 4.87. The van der Waals surface area contributed by atoms with Gasteiger partial charge in [0.15, 0.2) is 16.6 Å². The first-order valence-electron chi connectivity index (χ1n) is 6.98. The average Bonchev–Trinajstić information content (AvgIpc) is 3.01. The Labute approximate surface area is 147 Å². The highest BCUT2D eigenvalue weighted by Gasteiger charge is 2.32. The van der Waals surface area contributed by atoms with E-state index >= 15 is 0 Å². The summed E-state index contributed by atoms with van der Waals surface area (Å²) in [5, 5.41) is 6.66. The summed E-state index contributed by atoms with van der Waals surface area (Å²) in [7, 11) is 0. The van der Waals surface area contributed by atoms with Crippen molar-refractivity contribution in [3.05, 3.63) is 28.0 Å². The maximum atomic E-state index is 7.07. The van der Waals surface area contributed by atoms with Gasteiger partial charge < -0.3 is 30.6 Å². The molecule has 0 radical (unpaired) electrons. The van der Waals surface area contributed by atoms with E-state index in [9.17, 15) is 0 Å². The van der Waals surface area contributed by atoms with Gasteiger partial charge in [0.25, 0.3) is 0 Å². The zero-order chi connectivity index (χ0) is 16.4. The molecule has 4 N–H and O–H groups in total. The summed E-state index contributed by atoms with van der Waals surface area (Å²) in [6.45, 7) is 7.58. The predicted octanol–water partition coefficient (Wildman–Crippen LogP) is 1.83. The SMILES string of the molecule is [C-]#[N+][C@H]1C[C@@H](NC(=S)Nc2c(Br)ccc3c2OCO3)[C@@H](N)CO1. The van der Waals surface area contributed by atoms with Crippen LogP contribution in [0.25, 0.3) is 4.85 Å². The monoisotopic (exact) mass is 398 g/mol. The second-order valence-corrected chi connectivity index (χ2v) is 6.44. The van der Waals surface area contributed by atoms with Gasteiger partial charge in [-0.1, -0.05) is 0 Å². The van der Waals surface area contributed by atoms with E-state index < -0.39 is 6.23 Å². The van der Waals surface area contributed by atoms with Gasteiger partial charge in [0.1, 0.15) is 5.69 Å². The van der Waals surface area contributed by atoms with Crippen LogP contribution in [0.2, 0.25) is 0 Å². The number of nitrogens with zero attached hydrogens (tertiary/aromatic N) is 1. The van der Waals surface area contributed by atoms with E-state index in [-0.39, 0.29) is 18.9 Å². The van der Waals surface area contributed by atoms with Crippen molar-refractivity contribution >= 4 is 38.9 Å². The Hall–Kier alpha value is -1.60. The highest BCUT2D eigenvalue weighted by atomic mass is 79.9. The Balaban J connectivity index is 1.68. The molecular formula is C14H15BrN4O3S. The van der Waals surface area contributed by atoms with Gasteiger partial charge in [-0.15, -0.1) is 0 Å². The molecule has 0 bridgehead atoms. The summed E-state index contributed by atoms with van der Waals surface area (Å²) in [6.07, 6.45) is -0.000261. The maximum absolute atomic E-state index is 7.07. The molecular weight excluding hydrogens is 384 g/mol. The lowest BCUT2D eigenvalue weighted by atomic mass is 10.0. The molecule has 3 atom stereocenters. The van der Waals surface area contributed by atoms with E-state index in [1.54, 1.807) is 0 Å². The number of hydrogen-bond donors (Lipinski definition) is 3. The maximum Gasteiger partial charge on any atom is 0.329 e. The van der Waals surface area contributed by atoms with Crippen molar-refractivity contribution in [2.75, 3.05) is 18.7 Å². The molecule has 23 heavy (non-hydrogen) atoms. The number of thiocarbonyl (C=S) groups is 1. The van der Waals surface area contributed by atoms with Crippen LogP contribution in [0.3, 0.4) is 0 Å². The van der Waals surface area contributed by atoms with Crippen LogP contribution in [0.4, 0.5) is 5.69 Å². The Morgan fingerprint density at radius 2 is 2.26 bits per heavy atom. The van der Waals surface area contributed by atoms with Gasteiger partial charge in [-0.25, -0.2) is 6.57 Å². The van der Waals surface area contributed by atoms with Crippen molar-refractivity contribution in [3.8, 4) is 11.5 Å². The third kappa shape index (κ3) is 3.50. The fraction of sp³-hybridized carbons (Fsp3) is 0.429. The van der Waals surface area contributed by atoms with Crippen molar-refractivity contribution in [2.24, 2.45) is 5.73 Å². The van der Waals surface area contributed by atoms with Crippen molar-refractivity contribution in [3.63, 3.8) is 0 Å². The molecule has 1 aromatic carbocycles. The van der Waals surface area contributed by atoms with E-state index in [4.69, 9.17) is 38.7 Å². The number of anilines is 1. The lowest BCUT2D eigenvalue weighted by Gasteiger charge is -2.30. The summed E-state index contributed by atoms with van der Waals surface area (Å²) >= 11 is 8.83. The van der Waals surface area contributed by atoms with Crippen LogP contribution in [0.15, 0.2) is 16.6 Å². The largest absolute Gasteiger partial charge is 0.454 e. The van der Waals surface area contributed by atoms with Gasteiger partial charge in [-0.05, 0) is 40.3 Å². The molecule has 0 spiro atoms. The summed E-state index contributed by atoms with van der Waals surface area (Å²) in [6, 6.07) is 3.32. The molecule has 122 valence electrons. The Bertz CT molecular complexity index is 666. The third-order valence-corrected chi connectivity index (χ3v) is 4.52. The second-order valence-electron chi connectivity index (χ2n) is 5.18. The zero-order valence-corrected chi connectivity index (χ0v) is 14.4. The van der Waals surface area contributed by atoms with E-state index in [2.05, 4.69) is 31.4 Å². The van der Waals surface area contributed by atoms with Crippen LogP contribution in [0.1, 0.15) is 6.42 Å². The Morgan fingerprint density at radius 1 is 1.43 bits per heavy atom. The molecule has 0 amide bonds. The molecule has 0 saturated carbocycles. The summed E-state index contributed by atoms with van der Waals surface area (Å²) in [5.74, 6) is 1.27. The highest BCUT2D eigenvalue weighted by Crippen LogP contribution is 2.43. The van der Waals surface area contributed by atoms with Crippen LogP contribution in [0, 0.1) is 6.57 Å². The van der Waals surface area contributed by atoms with Gasteiger partial charge >= 0.3 is 6.23 Å². The summed E-state index contributed by atoms with van der Waals surface area (Å²) in [4.78, 5) is 3.41. The minimum absolute atomic E-state index is 0.129. The van der Waals surface area contributed by atoms with E-state index in [1.807, 2.05) is 12.1 Å². The lowest BCUT2D eigenvalue weighted by molar-refractivity contribution is 0.0196. The fourth-order valence-electron chi connectivity index (χ4n) is 2.44. The second kappa shape index (κ2) is 6.88. The number of nitrogens with two attached hydrogens (primary N) is 1. The van der Waals surface area contributed by atoms with Crippen LogP contribution in [0.5, 0.6) is 11.5 Å². The quantitative estimate of drug-likeness (QED) is 0.517. The average molecular weight is 399 g/mol. The van der Waals surface area contributed by atoms with Crippen molar-refractivity contribution in [1.29, 1.82) is 0 Å². The molecule has 0 aliphatic carbocycles. The molecule has 0 unspecified atom stereocenters. The minimum atomic E-state index is -0.487. The smallest absolute Gasteiger partial charge is 0.329 e. The number of ether oxygens (including phenoxy) is 3. The number of hydrogen-bond acceptors (Lipinski definition) is 5. The third-order valence-electron chi connectivity index (χ3n) is 3.64. The first-order chi connectivity index (χ1) is 11.1. The number of fused-ring (bicyclic) bond motifs is 1. The van der Waals surface area contributed by atoms with Crippen LogP contribution < -0.4 is 25.8 Å². The molecule has 3 rings (SSSR count). The standard InChI is InChI=1S/C14H15BrN4O3S/c1-17-11-4-9(8(16)5-20-11)18-14(23)19-12-7(15)2-3-10-13(12)22-6-21-10/h2-3,8-9,11H,4-6,16H2,(H2,18,19,23)/t8-,9+,11+/m0/s1.